The molecule has 0 spiro atoms. The Bertz CT molecular complexity index is 1280. The Labute approximate surface area is 174 Å². The first-order valence-electron chi connectivity index (χ1n) is 8.95. The Morgan fingerprint density at radius 3 is 2.66 bits per heavy atom. The number of fused-ring (bicyclic) bond motifs is 1. The maximum absolute atomic E-state index is 13.4. The number of Topliss-reactive ketones (excluding diaryl/α,β-unsaturated/α-hetero) is 1. The highest BCUT2D eigenvalue weighted by molar-refractivity contribution is 7.99. The lowest BCUT2D eigenvalue weighted by Crippen LogP contribution is -2.10. The summed E-state index contributed by atoms with van der Waals surface area (Å²) in [6, 6.07) is 14.1. The number of nitrogens with one attached hydrogen (secondary N) is 1. The third-order valence-corrected chi connectivity index (χ3v) is 6.47. The molecule has 4 aromatic rings. The Morgan fingerprint density at radius 1 is 1.17 bits per heavy atom. The van der Waals surface area contributed by atoms with E-state index in [9.17, 15) is 14.0 Å². The van der Waals surface area contributed by atoms with Crippen molar-refractivity contribution in [2.24, 2.45) is 0 Å². The molecule has 0 saturated carbocycles. The van der Waals surface area contributed by atoms with Crippen molar-refractivity contribution in [1.82, 2.24) is 9.97 Å². The number of aromatic amines is 1. The standard InChI is InChI=1S/C22H17FN2O2S2/c1-12-10-15(8-9-16(12)23)17(26)11-28-22-24-20(27)19-18(13(2)29-21(19)25-22)14-6-4-3-5-7-14/h3-10H,11H2,1-2H3,(H,24,25,27). The number of benzene rings is 2. The van der Waals surface area contributed by atoms with E-state index in [1.165, 1.54) is 41.3 Å². The van der Waals surface area contributed by atoms with Gasteiger partial charge in [0, 0.05) is 16.0 Å². The van der Waals surface area contributed by atoms with Crippen LogP contribution in [0.2, 0.25) is 0 Å². The van der Waals surface area contributed by atoms with Crippen LogP contribution in [0.3, 0.4) is 0 Å². The number of hydrogen-bond acceptors (Lipinski definition) is 5. The summed E-state index contributed by atoms with van der Waals surface area (Å²) < 4.78 is 13.4. The van der Waals surface area contributed by atoms with Gasteiger partial charge < -0.3 is 4.98 Å². The molecular formula is C22H17FN2O2S2. The monoisotopic (exact) mass is 424 g/mol. The number of H-pyrrole nitrogens is 1. The van der Waals surface area contributed by atoms with Crippen LogP contribution in [0, 0.1) is 19.7 Å². The number of nitrogens with zero attached hydrogens (tertiary/aromatic N) is 1. The van der Waals surface area contributed by atoms with Gasteiger partial charge in [-0.05, 0) is 43.2 Å². The number of aromatic nitrogens is 2. The summed E-state index contributed by atoms with van der Waals surface area (Å²) in [4.78, 5) is 34.2. The molecule has 0 aliphatic heterocycles. The Balaban J connectivity index is 1.62. The van der Waals surface area contributed by atoms with Crippen molar-refractivity contribution < 1.29 is 9.18 Å². The predicted octanol–water partition coefficient (Wildman–Crippen LogP) is 5.38. The van der Waals surface area contributed by atoms with E-state index in [0.29, 0.717) is 26.5 Å². The topological polar surface area (TPSA) is 62.8 Å². The van der Waals surface area contributed by atoms with Gasteiger partial charge >= 0.3 is 0 Å². The molecular weight excluding hydrogens is 407 g/mol. The first-order valence-corrected chi connectivity index (χ1v) is 10.7. The molecule has 1 N–H and O–H groups in total. The van der Waals surface area contributed by atoms with Crippen molar-refractivity contribution in [3.8, 4) is 11.1 Å². The van der Waals surface area contributed by atoms with Gasteiger partial charge in [0.2, 0.25) is 0 Å². The molecule has 4 nitrogen and oxygen atoms in total. The minimum atomic E-state index is -0.340. The molecule has 0 aliphatic rings. The molecule has 0 bridgehead atoms. The van der Waals surface area contributed by atoms with Crippen molar-refractivity contribution in [2.75, 3.05) is 5.75 Å². The highest BCUT2D eigenvalue weighted by atomic mass is 32.2. The Morgan fingerprint density at radius 2 is 1.93 bits per heavy atom. The predicted molar refractivity (Wildman–Crippen MR) is 117 cm³/mol. The van der Waals surface area contributed by atoms with E-state index in [0.717, 1.165) is 16.0 Å². The normalized spacial score (nSPS) is 11.1. The van der Waals surface area contributed by atoms with Crippen LogP contribution < -0.4 is 5.56 Å². The van der Waals surface area contributed by atoms with Crippen molar-refractivity contribution in [2.45, 2.75) is 19.0 Å². The van der Waals surface area contributed by atoms with Gasteiger partial charge in [0.15, 0.2) is 10.9 Å². The minimum absolute atomic E-state index is 0.107. The molecule has 0 atom stereocenters. The maximum Gasteiger partial charge on any atom is 0.260 e. The van der Waals surface area contributed by atoms with Gasteiger partial charge in [0.1, 0.15) is 10.6 Å². The van der Waals surface area contributed by atoms with Crippen LogP contribution in [0.15, 0.2) is 58.5 Å². The third kappa shape index (κ3) is 3.88. The lowest BCUT2D eigenvalue weighted by Gasteiger charge is -2.04. The van der Waals surface area contributed by atoms with Gasteiger partial charge in [-0.3, -0.25) is 9.59 Å². The quantitative estimate of drug-likeness (QED) is 0.265. The molecule has 0 radical (unpaired) electrons. The molecule has 146 valence electrons. The van der Waals surface area contributed by atoms with Crippen molar-refractivity contribution in [3.05, 3.63) is 80.7 Å². The summed E-state index contributed by atoms with van der Waals surface area (Å²) in [5.74, 6) is -0.379. The number of carbonyl (C=O) groups is 1. The number of carbonyl (C=O) groups excluding carboxylic acids is 1. The van der Waals surface area contributed by atoms with Crippen LogP contribution in [0.25, 0.3) is 21.3 Å². The molecule has 29 heavy (non-hydrogen) atoms. The number of thioether (sulfide) groups is 1. The third-order valence-electron chi connectivity index (χ3n) is 4.60. The zero-order valence-corrected chi connectivity index (χ0v) is 17.4. The zero-order valence-electron chi connectivity index (χ0n) is 15.8. The Kier molecular flexibility index (Phi) is 5.34. The molecule has 0 amide bonds. The summed E-state index contributed by atoms with van der Waals surface area (Å²) in [7, 11) is 0. The second-order valence-corrected chi connectivity index (χ2v) is 8.79. The van der Waals surface area contributed by atoms with E-state index in [2.05, 4.69) is 9.97 Å². The van der Waals surface area contributed by atoms with E-state index < -0.39 is 0 Å². The van der Waals surface area contributed by atoms with E-state index in [-0.39, 0.29) is 22.9 Å². The number of rotatable bonds is 5. The maximum atomic E-state index is 13.4. The van der Waals surface area contributed by atoms with Gasteiger partial charge in [-0.15, -0.1) is 11.3 Å². The minimum Gasteiger partial charge on any atom is -0.301 e. The van der Waals surface area contributed by atoms with Gasteiger partial charge in [-0.1, -0.05) is 42.1 Å². The van der Waals surface area contributed by atoms with E-state index in [4.69, 9.17) is 0 Å². The van der Waals surface area contributed by atoms with Gasteiger partial charge in [-0.25, -0.2) is 9.37 Å². The summed E-state index contributed by atoms with van der Waals surface area (Å²) in [6.07, 6.45) is 0. The largest absolute Gasteiger partial charge is 0.301 e. The van der Waals surface area contributed by atoms with Crippen molar-refractivity contribution in [3.63, 3.8) is 0 Å². The second kappa shape index (κ2) is 7.93. The van der Waals surface area contributed by atoms with Crippen LogP contribution in [0.1, 0.15) is 20.8 Å². The fourth-order valence-electron chi connectivity index (χ4n) is 3.16. The first kappa shape index (κ1) is 19.5. The molecule has 4 rings (SSSR count). The van der Waals surface area contributed by atoms with Gasteiger partial charge in [0.05, 0.1) is 11.1 Å². The summed E-state index contributed by atoms with van der Waals surface area (Å²) in [6.45, 7) is 3.59. The molecule has 0 aliphatic carbocycles. The lowest BCUT2D eigenvalue weighted by molar-refractivity contribution is 0.102. The molecule has 7 heteroatoms. The summed E-state index contributed by atoms with van der Waals surface area (Å²) >= 11 is 2.64. The van der Waals surface area contributed by atoms with Gasteiger partial charge in [0.25, 0.3) is 5.56 Å². The highest BCUT2D eigenvalue weighted by Gasteiger charge is 2.17. The van der Waals surface area contributed by atoms with Crippen LogP contribution in [0.4, 0.5) is 4.39 Å². The molecule has 0 unspecified atom stereocenters. The smallest absolute Gasteiger partial charge is 0.260 e. The fraction of sp³-hybridized carbons (Fsp3) is 0.136. The number of halogens is 1. The fourth-order valence-corrected chi connectivity index (χ4v) is 5.01. The second-order valence-electron chi connectivity index (χ2n) is 6.63. The molecule has 2 heterocycles. The van der Waals surface area contributed by atoms with E-state index >= 15 is 0 Å². The molecule has 0 fully saturated rings. The summed E-state index contributed by atoms with van der Waals surface area (Å²) in [5.41, 5.74) is 2.53. The molecule has 0 saturated heterocycles. The SMILES string of the molecule is Cc1cc(C(=O)CSc2nc3sc(C)c(-c4ccccc4)c3c(=O)[nH]2)ccc1F. The molecule has 2 aromatic heterocycles. The number of aryl methyl sites for hydroxylation is 2. The zero-order chi connectivity index (χ0) is 20.5. The van der Waals surface area contributed by atoms with Crippen LogP contribution in [0.5, 0.6) is 0 Å². The van der Waals surface area contributed by atoms with Crippen LogP contribution in [-0.4, -0.2) is 21.5 Å². The number of thiophene rings is 1. The van der Waals surface area contributed by atoms with E-state index in [1.54, 1.807) is 6.92 Å². The van der Waals surface area contributed by atoms with Crippen molar-refractivity contribution in [1.29, 1.82) is 0 Å². The number of ketones is 1. The average Bonchev–Trinajstić information content (AvgIpc) is 3.05. The Hall–Kier alpha value is -2.77. The average molecular weight is 425 g/mol. The van der Waals surface area contributed by atoms with Crippen molar-refractivity contribution >= 4 is 39.1 Å². The van der Waals surface area contributed by atoms with Gasteiger partial charge in [-0.2, -0.15) is 0 Å². The van der Waals surface area contributed by atoms with Crippen LogP contribution >= 0.6 is 23.1 Å². The first-order chi connectivity index (χ1) is 13.9. The number of hydrogen-bond donors (Lipinski definition) is 1. The molecule has 2 aromatic carbocycles. The van der Waals surface area contributed by atoms with Crippen LogP contribution in [-0.2, 0) is 0 Å². The highest BCUT2D eigenvalue weighted by Crippen LogP contribution is 2.35. The summed E-state index contributed by atoms with van der Waals surface area (Å²) in [5, 5.41) is 0.971. The lowest BCUT2D eigenvalue weighted by atomic mass is 10.0. The van der Waals surface area contributed by atoms with E-state index in [1.807, 2.05) is 37.3 Å².